The molecule has 0 unspecified atom stereocenters. The number of halogens is 1. The van der Waals surface area contributed by atoms with E-state index in [1.54, 1.807) is 0 Å². The Kier molecular flexibility index (Phi) is 4.69. The predicted molar refractivity (Wildman–Crippen MR) is 107 cm³/mol. The number of aromatic amines is 1. The SMILES string of the molecule is Cc1cc(CN2CCc3c(nc(-c4ccc(Cl)cc4)[nH]c3=O)C2)sc1C. The number of fused-ring (bicyclic) bond motifs is 1. The van der Waals surface area contributed by atoms with Gasteiger partial charge in [0.05, 0.1) is 5.69 Å². The Bertz CT molecular complexity index is 987. The van der Waals surface area contributed by atoms with Crippen LogP contribution in [0.15, 0.2) is 35.1 Å². The van der Waals surface area contributed by atoms with Crippen molar-refractivity contribution >= 4 is 22.9 Å². The van der Waals surface area contributed by atoms with Crippen LogP contribution in [0.4, 0.5) is 0 Å². The van der Waals surface area contributed by atoms with Gasteiger partial charge in [0, 0.05) is 45.5 Å². The standard InChI is InChI=1S/C20H20ClN3OS/c1-12-9-16(26-13(12)2)10-24-8-7-17-18(11-24)22-19(23-20(17)25)14-3-5-15(21)6-4-14/h3-6,9H,7-8,10-11H2,1-2H3,(H,22,23,25). The van der Waals surface area contributed by atoms with Crippen LogP contribution >= 0.6 is 22.9 Å². The Balaban J connectivity index is 1.61. The van der Waals surface area contributed by atoms with E-state index in [0.29, 0.717) is 17.4 Å². The number of aromatic nitrogens is 2. The maximum atomic E-state index is 12.5. The molecule has 2 aromatic heterocycles. The van der Waals surface area contributed by atoms with Crippen LogP contribution < -0.4 is 5.56 Å². The van der Waals surface area contributed by atoms with Crippen molar-refractivity contribution in [2.75, 3.05) is 6.54 Å². The average Bonchev–Trinajstić information content (AvgIpc) is 2.92. The van der Waals surface area contributed by atoms with Gasteiger partial charge in [-0.15, -0.1) is 11.3 Å². The van der Waals surface area contributed by atoms with Crippen LogP contribution in [0, 0.1) is 13.8 Å². The molecule has 0 bridgehead atoms. The van der Waals surface area contributed by atoms with Gasteiger partial charge in [-0.2, -0.15) is 0 Å². The predicted octanol–water partition coefficient (Wildman–Crippen LogP) is 4.33. The molecule has 4 rings (SSSR count). The highest BCUT2D eigenvalue weighted by molar-refractivity contribution is 7.12. The summed E-state index contributed by atoms with van der Waals surface area (Å²) >= 11 is 7.81. The minimum atomic E-state index is -0.0255. The molecule has 1 aliphatic rings. The summed E-state index contributed by atoms with van der Waals surface area (Å²) < 4.78 is 0. The van der Waals surface area contributed by atoms with Crippen LogP contribution in [0.5, 0.6) is 0 Å². The van der Waals surface area contributed by atoms with E-state index in [0.717, 1.165) is 36.3 Å². The molecule has 3 heterocycles. The lowest BCUT2D eigenvalue weighted by molar-refractivity contribution is 0.242. The van der Waals surface area contributed by atoms with Crippen LogP contribution in [0.25, 0.3) is 11.4 Å². The van der Waals surface area contributed by atoms with Crippen LogP contribution in [0.3, 0.4) is 0 Å². The van der Waals surface area contributed by atoms with Crippen molar-refractivity contribution in [2.24, 2.45) is 0 Å². The fraction of sp³-hybridized carbons (Fsp3) is 0.300. The third-order valence-corrected chi connectivity index (χ3v) is 6.26. The minimum Gasteiger partial charge on any atom is -0.306 e. The van der Waals surface area contributed by atoms with Gasteiger partial charge in [-0.3, -0.25) is 9.69 Å². The van der Waals surface area contributed by atoms with Crippen LogP contribution in [-0.4, -0.2) is 21.4 Å². The van der Waals surface area contributed by atoms with Gasteiger partial charge in [0.1, 0.15) is 5.82 Å². The molecule has 0 saturated heterocycles. The van der Waals surface area contributed by atoms with E-state index >= 15 is 0 Å². The topological polar surface area (TPSA) is 49.0 Å². The van der Waals surface area contributed by atoms with Gasteiger partial charge in [-0.1, -0.05) is 11.6 Å². The van der Waals surface area contributed by atoms with E-state index in [1.807, 2.05) is 35.6 Å². The number of nitrogens with zero attached hydrogens (tertiary/aromatic N) is 2. The second-order valence-electron chi connectivity index (χ2n) is 6.76. The molecule has 26 heavy (non-hydrogen) atoms. The zero-order valence-electron chi connectivity index (χ0n) is 14.8. The van der Waals surface area contributed by atoms with Crippen LogP contribution in [0.2, 0.25) is 5.02 Å². The third-order valence-electron chi connectivity index (χ3n) is 4.87. The molecule has 3 aromatic rings. The summed E-state index contributed by atoms with van der Waals surface area (Å²) in [6.07, 6.45) is 0.738. The molecular formula is C20H20ClN3OS. The minimum absolute atomic E-state index is 0.0255. The van der Waals surface area contributed by atoms with Crippen molar-refractivity contribution < 1.29 is 0 Å². The van der Waals surface area contributed by atoms with Crippen molar-refractivity contribution in [2.45, 2.75) is 33.4 Å². The summed E-state index contributed by atoms with van der Waals surface area (Å²) in [5, 5.41) is 0.668. The molecule has 1 aromatic carbocycles. The molecule has 0 atom stereocenters. The Morgan fingerprint density at radius 1 is 1.27 bits per heavy atom. The highest BCUT2D eigenvalue weighted by atomic mass is 35.5. The maximum absolute atomic E-state index is 12.5. The van der Waals surface area contributed by atoms with E-state index in [2.05, 4.69) is 29.8 Å². The van der Waals surface area contributed by atoms with E-state index in [4.69, 9.17) is 16.6 Å². The van der Waals surface area contributed by atoms with Gasteiger partial charge < -0.3 is 4.98 Å². The second kappa shape index (κ2) is 6.99. The second-order valence-corrected chi connectivity index (χ2v) is 8.54. The molecule has 0 saturated carbocycles. The number of rotatable bonds is 3. The highest BCUT2D eigenvalue weighted by Crippen LogP contribution is 2.25. The van der Waals surface area contributed by atoms with Crippen molar-refractivity contribution in [1.82, 2.24) is 14.9 Å². The highest BCUT2D eigenvalue weighted by Gasteiger charge is 2.22. The molecule has 6 heteroatoms. The lowest BCUT2D eigenvalue weighted by Crippen LogP contribution is -2.34. The first-order chi connectivity index (χ1) is 12.5. The number of hydrogen-bond donors (Lipinski definition) is 1. The van der Waals surface area contributed by atoms with Gasteiger partial charge in [0.25, 0.3) is 5.56 Å². The molecule has 0 spiro atoms. The molecule has 1 aliphatic heterocycles. The number of nitrogens with one attached hydrogen (secondary N) is 1. The molecule has 0 fully saturated rings. The Morgan fingerprint density at radius 3 is 2.73 bits per heavy atom. The first kappa shape index (κ1) is 17.5. The molecule has 4 nitrogen and oxygen atoms in total. The summed E-state index contributed by atoms with van der Waals surface area (Å²) in [4.78, 5) is 25.3. The summed E-state index contributed by atoms with van der Waals surface area (Å²) in [6, 6.07) is 9.64. The molecule has 0 radical (unpaired) electrons. The fourth-order valence-electron chi connectivity index (χ4n) is 3.32. The van der Waals surface area contributed by atoms with E-state index in [-0.39, 0.29) is 5.56 Å². The first-order valence-electron chi connectivity index (χ1n) is 8.66. The molecule has 1 N–H and O–H groups in total. The fourth-order valence-corrected chi connectivity index (χ4v) is 4.54. The molecule has 0 amide bonds. The van der Waals surface area contributed by atoms with E-state index in [1.165, 1.54) is 15.3 Å². The van der Waals surface area contributed by atoms with Crippen molar-refractivity contribution in [3.63, 3.8) is 0 Å². The average molecular weight is 386 g/mol. The van der Waals surface area contributed by atoms with Crippen LogP contribution in [0.1, 0.15) is 26.6 Å². The Labute approximate surface area is 161 Å². The summed E-state index contributed by atoms with van der Waals surface area (Å²) in [7, 11) is 0. The van der Waals surface area contributed by atoms with Gasteiger partial charge in [-0.05, 0) is 56.2 Å². The number of hydrogen-bond acceptors (Lipinski definition) is 4. The largest absolute Gasteiger partial charge is 0.306 e. The molecule has 0 aliphatic carbocycles. The monoisotopic (exact) mass is 385 g/mol. The lowest BCUT2D eigenvalue weighted by atomic mass is 10.1. The van der Waals surface area contributed by atoms with E-state index < -0.39 is 0 Å². The van der Waals surface area contributed by atoms with Gasteiger partial charge >= 0.3 is 0 Å². The smallest absolute Gasteiger partial charge is 0.254 e. The Hall–Kier alpha value is -1.95. The normalized spacial score (nSPS) is 14.4. The Morgan fingerprint density at radius 2 is 2.04 bits per heavy atom. The third kappa shape index (κ3) is 3.47. The number of H-pyrrole nitrogens is 1. The van der Waals surface area contributed by atoms with Crippen molar-refractivity contribution in [3.8, 4) is 11.4 Å². The summed E-state index contributed by atoms with van der Waals surface area (Å²) in [5.41, 5.74) is 3.90. The van der Waals surface area contributed by atoms with Gasteiger partial charge in [-0.25, -0.2) is 4.98 Å². The zero-order chi connectivity index (χ0) is 18.3. The summed E-state index contributed by atoms with van der Waals surface area (Å²) in [6.45, 7) is 6.81. The van der Waals surface area contributed by atoms with Gasteiger partial charge in [0.15, 0.2) is 0 Å². The number of aryl methyl sites for hydroxylation is 2. The van der Waals surface area contributed by atoms with Crippen molar-refractivity contribution in [3.05, 3.63) is 72.3 Å². The van der Waals surface area contributed by atoms with Crippen LogP contribution in [-0.2, 0) is 19.5 Å². The molecule has 134 valence electrons. The van der Waals surface area contributed by atoms with E-state index in [9.17, 15) is 4.79 Å². The summed E-state index contributed by atoms with van der Waals surface area (Å²) in [5.74, 6) is 0.607. The van der Waals surface area contributed by atoms with Crippen molar-refractivity contribution in [1.29, 1.82) is 0 Å². The first-order valence-corrected chi connectivity index (χ1v) is 9.85. The maximum Gasteiger partial charge on any atom is 0.254 e. The number of benzene rings is 1. The lowest BCUT2D eigenvalue weighted by Gasteiger charge is -2.27. The quantitative estimate of drug-likeness (QED) is 0.730. The van der Waals surface area contributed by atoms with Gasteiger partial charge in [0.2, 0.25) is 0 Å². The zero-order valence-corrected chi connectivity index (χ0v) is 16.4. The number of thiophene rings is 1. The molecular weight excluding hydrogens is 366 g/mol.